The first-order valence-corrected chi connectivity index (χ1v) is 9.33. The fourth-order valence-electron chi connectivity index (χ4n) is 3.45. The zero-order valence-corrected chi connectivity index (χ0v) is 16.3. The Morgan fingerprint density at radius 2 is 1.96 bits per heavy atom. The molecule has 27 heavy (non-hydrogen) atoms. The van der Waals surface area contributed by atoms with Crippen LogP contribution in [0.25, 0.3) is 0 Å². The molecule has 0 aliphatic carbocycles. The van der Waals surface area contributed by atoms with Gasteiger partial charge in [-0.3, -0.25) is 14.3 Å². The van der Waals surface area contributed by atoms with Crippen LogP contribution in [0.5, 0.6) is 0 Å². The average Bonchev–Trinajstić information content (AvgIpc) is 3.07. The molecular formula is C20H27N5O2. The summed E-state index contributed by atoms with van der Waals surface area (Å²) in [4.78, 5) is 24.4. The van der Waals surface area contributed by atoms with Crippen LogP contribution < -0.4 is 16.0 Å². The fourth-order valence-corrected chi connectivity index (χ4v) is 3.45. The van der Waals surface area contributed by atoms with Crippen molar-refractivity contribution in [2.24, 2.45) is 0 Å². The first-order valence-electron chi connectivity index (χ1n) is 9.33. The van der Waals surface area contributed by atoms with Crippen molar-refractivity contribution in [3.63, 3.8) is 0 Å². The van der Waals surface area contributed by atoms with Crippen LogP contribution in [0.2, 0.25) is 0 Å². The van der Waals surface area contributed by atoms with Crippen molar-refractivity contribution in [1.29, 1.82) is 0 Å². The SMILES string of the molecule is CNC(=O)c1ccc(CNC(=O)c2nn(C(C)C)c3c2CNCC3C)cc1. The van der Waals surface area contributed by atoms with Gasteiger partial charge in [0.05, 0.1) is 0 Å². The molecule has 2 heterocycles. The van der Waals surface area contributed by atoms with Crippen LogP contribution in [0.1, 0.15) is 70.4 Å². The van der Waals surface area contributed by atoms with Gasteiger partial charge in [0, 0.05) is 55.5 Å². The molecule has 0 fully saturated rings. The largest absolute Gasteiger partial charge is 0.355 e. The zero-order valence-electron chi connectivity index (χ0n) is 16.3. The summed E-state index contributed by atoms with van der Waals surface area (Å²) >= 11 is 0. The number of nitrogens with zero attached hydrogens (tertiary/aromatic N) is 2. The Balaban J connectivity index is 1.75. The second kappa shape index (κ2) is 7.92. The average molecular weight is 369 g/mol. The Morgan fingerprint density at radius 3 is 2.59 bits per heavy atom. The number of rotatable bonds is 5. The van der Waals surface area contributed by atoms with Gasteiger partial charge in [-0.05, 0) is 31.5 Å². The molecule has 1 aromatic carbocycles. The van der Waals surface area contributed by atoms with E-state index in [0.29, 0.717) is 30.3 Å². The second-order valence-electron chi connectivity index (χ2n) is 7.24. The third kappa shape index (κ3) is 3.88. The van der Waals surface area contributed by atoms with E-state index >= 15 is 0 Å². The number of hydrogen-bond donors (Lipinski definition) is 3. The van der Waals surface area contributed by atoms with Crippen LogP contribution in [0.3, 0.4) is 0 Å². The van der Waals surface area contributed by atoms with Crippen molar-refractivity contribution in [2.75, 3.05) is 13.6 Å². The Hall–Kier alpha value is -2.67. The maximum absolute atomic E-state index is 12.8. The molecule has 1 atom stereocenters. The zero-order chi connectivity index (χ0) is 19.6. The van der Waals surface area contributed by atoms with Crippen molar-refractivity contribution in [3.8, 4) is 0 Å². The molecular weight excluding hydrogens is 342 g/mol. The van der Waals surface area contributed by atoms with Crippen LogP contribution in [0, 0.1) is 0 Å². The Kier molecular flexibility index (Phi) is 5.60. The molecule has 3 N–H and O–H groups in total. The summed E-state index contributed by atoms with van der Waals surface area (Å²) in [5.74, 6) is 0.0254. The van der Waals surface area contributed by atoms with E-state index in [1.165, 1.54) is 0 Å². The summed E-state index contributed by atoms with van der Waals surface area (Å²) in [5.41, 5.74) is 4.18. The third-order valence-corrected chi connectivity index (χ3v) is 4.87. The highest BCUT2D eigenvalue weighted by molar-refractivity contribution is 5.94. The van der Waals surface area contributed by atoms with Gasteiger partial charge in [0.15, 0.2) is 5.69 Å². The van der Waals surface area contributed by atoms with E-state index < -0.39 is 0 Å². The molecule has 0 radical (unpaired) electrons. The molecule has 1 aromatic heterocycles. The Labute approximate surface area is 159 Å². The van der Waals surface area contributed by atoms with Crippen LogP contribution in [-0.4, -0.2) is 35.2 Å². The van der Waals surface area contributed by atoms with E-state index in [1.807, 2.05) is 16.8 Å². The number of benzene rings is 1. The van der Waals surface area contributed by atoms with Crippen LogP contribution >= 0.6 is 0 Å². The number of fused-ring (bicyclic) bond motifs is 1. The van der Waals surface area contributed by atoms with Gasteiger partial charge in [-0.1, -0.05) is 19.1 Å². The first-order chi connectivity index (χ1) is 12.9. The molecule has 0 saturated heterocycles. The standard InChI is InChI=1S/C20H27N5O2/c1-12(2)25-18-13(3)9-22-11-16(18)17(24-25)20(27)23-10-14-5-7-15(8-6-14)19(26)21-4/h5-8,12-13,22H,9-11H2,1-4H3,(H,21,26)(H,23,27). The van der Waals surface area contributed by atoms with E-state index in [1.54, 1.807) is 19.2 Å². The number of nitrogens with one attached hydrogen (secondary N) is 3. The summed E-state index contributed by atoms with van der Waals surface area (Å²) in [5, 5.41) is 13.5. The second-order valence-corrected chi connectivity index (χ2v) is 7.24. The number of carbonyl (C=O) groups excluding carboxylic acids is 2. The lowest BCUT2D eigenvalue weighted by molar-refractivity contribution is 0.0940. The van der Waals surface area contributed by atoms with Crippen LogP contribution in [0.15, 0.2) is 24.3 Å². The van der Waals surface area contributed by atoms with E-state index in [9.17, 15) is 9.59 Å². The predicted molar refractivity (Wildman–Crippen MR) is 104 cm³/mol. The molecule has 0 spiro atoms. The molecule has 0 saturated carbocycles. The minimum absolute atomic E-state index is 0.127. The van der Waals surface area contributed by atoms with Crippen molar-refractivity contribution < 1.29 is 9.59 Å². The summed E-state index contributed by atoms with van der Waals surface area (Å²) in [7, 11) is 1.60. The topological polar surface area (TPSA) is 88.1 Å². The van der Waals surface area contributed by atoms with Gasteiger partial charge in [-0.25, -0.2) is 0 Å². The molecule has 1 unspecified atom stereocenters. The first kappa shape index (κ1) is 19.1. The number of aromatic nitrogens is 2. The summed E-state index contributed by atoms with van der Waals surface area (Å²) < 4.78 is 1.98. The van der Waals surface area contributed by atoms with Gasteiger partial charge in [0.2, 0.25) is 0 Å². The highest BCUT2D eigenvalue weighted by Crippen LogP contribution is 2.28. The minimum atomic E-state index is -0.170. The maximum atomic E-state index is 12.8. The maximum Gasteiger partial charge on any atom is 0.272 e. The van der Waals surface area contributed by atoms with Gasteiger partial charge in [0.1, 0.15) is 0 Å². The fraction of sp³-hybridized carbons (Fsp3) is 0.450. The van der Waals surface area contributed by atoms with Gasteiger partial charge in [0.25, 0.3) is 11.8 Å². The molecule has 2 amide bonds. The smallest absolute Gasteiger partial charge is 0.272 e. The molecule has 144 valence electrons. The third-order valence-electron chi connectivity index (χ3n) is 4.87. The molecule has 2 aromatic rings. The molecule has 0 bridgehead atoms. The lowest BCUT2D eigenvalue weighted by Gasteiger charge is -2.23. The van der Waals surface area contributed by atoms with Crippen molar-refractivity contribution in [1.82, 2.24) is 25.7 Å². The Bertz CT molecular complexity index is 839. The van der Waals surface area contributed by atoms with Crippen LogP contribution in [-0.2, 0) is 13.1 Å². The number of carbonyl (C=O) groups is 2. The normalized spacial score (nSPS) is 16.1. The summed E-state index contributed by atoms with van der Waals surface area (Å²) in [6, 6.07) is 7.40. The lowest BCUT2D eigenvalue weighted by atomic mass is 9.97. The molecule has 7 heteroatoms. The van der Waals surface area contributed by atoms with E-state index in [2.05, 4.69) is 41.8 Å². The molecule has 3 rings (SSSR count). The molecule has 1 aliphatic rings. The minimum Gasteiger partial charge on any atom is -0.355 e. The number of amides is 2. The van der Waals surface area contributed by atoms with Crippen molar-refractivity contribution in [3.05, 3.63) is 52.3 Å². The van der Waals surface area contributed by atoms with E-state index in [-0.39, 0.29) is 17.9 Å². The molecule has 1 aliphatic heterocycles. The highest BCUT2D eigenvalue weighted by Gasteiger charge is 2.29. The monoisotopic (exact) mass is 369 g/mol. The van der Waals surface area contributed by atoms with Crippen molar-refractivity contribution >= 4 is 11.8 Å². The Morgan fingerprint density at radius 1 is 1.26 bits per heavy atom. The quantitative estimate of drug-likeness (QED) is 0.752. The molecule has 7 nitrogen and oxygen atoms in total. The van der Waals surface area contributed by atoms with Gasteiger partial charge >= 0.3 is 0 Å². The lowest BCUT2D eigenvalue weighted by Crippen LogP contribution is -2.30. The summed E-state index contributed by atoms with van der Waals surface area (Å²) in [6.45, 7) is 8.26. The van der Waals surface area contributed by atoms with Crippen molar-refractivity contribution in [2.45, 2.75) is 45.8 Å². The number of hydrogen-bond acceptors (Lipinski definition) is 4. The van der Waals surface area contributed by atoms with E-state index in [4.69, 9.17) is 0 Å². The van der Waals surface area contributed by atoms with Gasteiger partial charge in [-0.15, -0.1) is 0 Å². The van der Waals surface area contributed by atoms with E-state index in [0.717, 1.165) is 23.4 Å². The van der Waals surface area contributed by atoms with Gasteiger partial charge in [-0.2, -0.15) is 5.10 Å². The van der Waals surface area contributed by atoms with Crippen LogP contribution in [0.4, 0.5) is 0 Å². The van der Waals surface area contributed by atoms with Gasteiger partial charge < -0.3 is 16.0 Å². The predicted octanol–water partition coefficient (Wildman–Crippen LogP) is 1.96. The highest BCUT2D eigenvalue weighted by atomic mass is 16.2. The summed E-state index contributed by atoms with van der Waals surface area (Å²) in [6.07, 6.45) is 0.